The average Bonchev–Trinajstić information content (AvgIpc) is 2.42. The van der Waals surface area contributed by atoms with E-state index in [-0.39, 0.29) is 5.75 Å². The summed E-state index contributed by atoms with van der Waals surface area (Å²) in [5.74, 6) is -0.121. The summed E-state index contributed by atoms with van der Waals surface area (Å²) in [4.78, 5) is 0. The number of hydrogen-bond acceptors (Lipinski definition) is 3. The zero-order valence-corrected chi connectivity index (χ0v) is 14.2. The Balaban J connectivity index is 2.32. The van der Waals surface area contributed by atoms with E-state index in [9.17, 15) is 8.42 Å². The molecule has 1 aliphatic rings. The van der Waals surface area contributed by atoms with Gasteiger partial charge < -0.3 is 9.22 Å². The molecule has 6 heteroatoms. The van der Waals surface area contributed by atoms with E-state index in [0.29, 0.717) is 6.42 Å². The molecule has 126 valence electrons. The Morgan fingerprint density at radius 2 is 1.52 bits per heavy atom. The van der Waals surface area contributed by atoms with Gasteiger partial charge in [-0.1, -0.05) is 32.6 Å². The molecule has 1 heterocycles. The van der Waals surface area contributed by atoms with E-state index in [1.165, 1.54) is 38.5 Å². The van der Waals surface area contributed by atoms with Crippen LogP contribution in [0.2, 0.25) is 0 Å². The molecule has 1 N–H and O–H groups in total. The van der Waals surface area contributed by atoms with Gasteiger partial charge in [0, 0.05) is 6.42 Å². The molecule has 1 aliphatic heterocycles. The Bertz CT molecular complexity index is 364. The van der Waals surface area contributed by atoms with Crippen molar-refractivity contribution in [1.29, 1.82) is 0 Å². The second kappa shape index (κ2) is 9.77. The number of morpholine rings is 1. The van der Waals surface area contributed by atoms with Crippen molar-refractivity contribution in [3.05, 3.63) is 0 Å². The highest BCUT2D eigenvalue weighted by Gasteiger charge is 2.29. The zero-order valence-electron chi connectivity index (χ0n) is 13.4. The van der Waals surface area contributed by atoms with Gasteiger partial charge in [-0.25, -0.2) is 0 Å². The fraction of sp³-hybridized carbons (Fsp3) is 1.00. The van der Waals surface area contributed by atoms with Crippen LogP contribution >= 0.6 is 0 Å². The lowest BCUT2D eigenvalue weighted by Crippen LogP contribution is -2.56. The monoisotopic (exact) mass is 322 g/mol. The van der Waals surface area contributed by atoms with Crippen LogP contribution in [0.5, 0.6) is 0 Å². The van der Waals surface area contributed by atoms with Crippen molar-refractivity contribution in [2.24, 2.45) is 0 Å². The molecule has 0 saturated carbocycles. The lowest BCUT2D eigenvalue weighted by molar-refractivity contribution is -0.935. The van der Waals surface area contributed by atoms with E-state index in [1.54, 1.807) is 0 Å². The molecule has 0 atom stereocenters. The molecular weight excluding hydrogens is 290 g/mol. The highest BCUT2D eigenvalue weighted by atomic mass is 32.2. The molecule has 0 unspecified atom stereocenters. The molecular formula is C15H32NO4S+. The van der Waals surface area contributed by atoms with Gasteiger partial charge in [0.1, 0.15) is 13.1 Å². The highest BCUT2D eigenvalue weighted by molar-refractivity contribution is 7.85. The fourth-order valence-corrected chi connectivity index (χ4v) is 3.59. The molecule has 0 aromatic heterocycles. The van der Waals surface area contributed by atoms with Crippen molar-refractivity contribution in [2.45, 2.75) is 51.9 Å². The first-order valence-electron chi connectivity index (χ1n) is 8.35. The van der Waals surface area contributed by atoms with Gasteiger partial charge in [0.15, 0.2) is 0 Å². The summed E-state index contributed by atoms with van der Waals surface area (Å²) in [7, 11) is -3.83. The van der Waals surface area contributed by atoms with Gasteiger partial charge in [0.2, 0.25) is 0 Å². The predicted molar refractivity (Wildman–Crippen MR) is 85.0 cm³/mol. The maximum absolute atomic E-state index is 10.9. The lowest BCUT2D eigenvalue weighted by Gasteiger charge is -2.41. The van der Waals surface area contributed by atoms with Crippen LogP contribution in [-0.4, -0.2) is 62.6 Å². The third-order valence-corrected chi connectivity index (χ3v) is 5.25. The topological polar surface area (TPSA) is 63.6 Å². The van der Waals surface area contributed by atoms with E-state index in [2.05, 4.69) is 6.92 Å². The quantitative estimate of drug-likeness (QED) is 0.360. The van der Waals surface area contributed by atoms with Gasteiger partial charge in [0.25, 0.3) is 10.1 Å². The Morgan fingerprint density at radius 3 is 2.14 bits per heavy atom. The van der Waals surface area contributed by atoms with Crippen LogP contribution in [0.3, 0.4) is 0 Å². The van der Waals surface area contributed by atoms with Crippen LogP contribution in [0, 0.1) is 0 Å². The molecule has 1 saturated heterocycles. The van der Waals surface area contributed by atoms with Crippen molar-refractivity contribution in [2.75, 3.05) is 45.1 Å². The van der Waals surface area contributed by atoms with E-state index < -0.39 is 10.1 Å². The second-order valence-electron chi connectivity index (χ2n) is 6.26. The SMILES string of the molecule is CCCCCCCC[N+]1(CCCS(=O)(=O)O)CCOCC1. The molecule has 0 radical (unpaired) electrons. The molecule has 1 fully saturated rings. The molecule has 0 aromatic carbocycles. The normalized spacial score (nSPS) is 18.8. The third kappa shape index (κ3) is 8.76. The zero-order chi connectivity index (χ0) is 15.6. The van der Waals surface area contributed by atoms with Gasteiger partial charge in [-0.05, 0) is 12.8 Å². The van der Waals surface area contributed by atoms with Gasteiger partial charge in [-0.15, -0.1) is 0 Å². The summed E-state index contributed by atoms with van der Waals surface area (Å²) in [6.07, 6.45) is 8.22. The number of quaternary nitrogens is 1. The molecule has 1 rings (SSSR count). The van der Waals surface area contributed by atoms with Crippen molar-refractivity contribution in [3.63, 3.8) is 0 Å². The molecule has 0 aromatic rings. The average molecular weight is 322 g/mol. The van der Waals surface area contributed by atoms with Crippen LogP contribution in [0.25, 0.3) is 0 Å². The maximum atomic E-state index is 10.9. The maximum Gasteiger partial charge on any atom is 0.265 e. The first-order chi connectivity index (χ1) is 9.97. The van der Waals surface area contributed by atoms with Gasteiger partial charge >= 0.3 is 0 Å². The summed E-state index contributed by atoms with van der Waals surface area (Å²) in [5, 5.41) is 0. The van der Waals surface area contributed by atoms with Crippen LogP contribution in [0.1, 0.15) is 51.9 Å². The van der Waals surface area contributed by atoms with Crippen molar-refractivity contribution in [3.8, 4) is 0 Å². The number of ether oxygens (including phenoxy) is 1. The van der Waals surface area contributed by atoms with E-state index in [4.69, 9.17) is 9.29 Å². The predicted octanol–water partition coefficient (Wildman–Crippen LogP) is 2.47. The highest BCUT2D eigenvalue weighted by Crippen LogP contribution is 2.16. The number of unbranched alkanes of at least 4 members (excludes halogenated alkanes) is 5. The minimum atomic E-state index is -3.83. The van der Waals surface area contributed by atoms with Crippen molar-refractivity contribution < 1.29 is 22.2 Å². The minimum absolute atomic E-state index is 0.121. The van der Waals surface area contributed by atoms with Crippen LogP contribution in [-0.2, 0) is 14.9 Å². The van der Waals surface area contributed by atoms with E-state index >= 15 is 0 Å². The molecule has 0 bridgehead atoms. The smallest absolute Gasteiger partial charge is 0.265 e. The van der Waals surface area contributed by atoms with Gasteiger partial charge in [-0.3, -0.25) is 4.55 Å². The van der Waals surface area contributed by atoms with Crippen molar-refractivity contribution >= 4 is 10.1 Å². The summed E-state index contributed by atoms with van der Waals surface area (Å²) < 4.78 is 37.0. The van der Waals surface area contributed by atoms with Crippen LogP contribution in [0.4, 0.5) is 0 Å². The van der Waals surface area contributed by atoms with E-state index in [0.717, 1.165) is 43.9 Å². The third-order valence-electron chi connectivity index (χ3n) is 4.44. The number of rotatable bonds is 11. The Kier molecular flexibility index (Phi) is 8.78. The van der Waals surface area contributed by atoms with E-state index in [1.807, 2.05) is 0 Å². The minimum Gasteiger partial charge on any atom is -0.370 e. The van der Waals surface area contributed by atoms with Crippen LogP contribution in [0.15, 0.2) is 0 Å². The molecule has 0 spiro atoms. The Hall–Kier alpha value is -0.170. The van der Waals surface area contributed by atoms with Crippen LogP contribution < -0.4 is 0 Å². The molecule has 5 nitrogen and oxygen atoms in total. The molecule has 0 amide bonds. The largest absolute Gasteiger partial charge is 0.370 e. The standard InChI is InChI=1S/C15H31NO4S/c1-2-3-4-5-6-7-9-16(11-13-20-14-12-16)10-8-15-21(17,18)19/h2-15H2,1H3/p+1. The van der Waals surface area contributed by atoms with Gasteiger partial charge in [-0.2, -0.15) is 8.42 Å². The molecule has 0 aliphatic carbocycles. The first kappa shape index (κ1) is 18.9. The number of nitrogens with zero attached hydrogens (tertiary/aromatic N) is 1. The Labute approximate surface area is 130 Å². The number of hydrogen-bond donors (Lipinski definition) is 1. The lowest BCUT2D eigenvalue weighted by atomic mass is 10.1. The summed E-state index contributed by atoms with van der Waals surface area (Å²) in [6, 6.07) is 0. The molecule has 21 heavy (non-hydrogen) atoms. The summed E-state index contributed by atoms with van der Waals surface area (Å²) >= 11 is 0. The summed E-state index contributed by atoms with van der Waals surface area (Å²) in [6.45, 7) is 7.65. The summed E-state index contributed by atoms with van der Waals surface area (Å²) in [5.41, 5.74) is 0. The van der Waals surface area contributed by atoms with Gasteiger partial charge in [0.05, 0.1) is 32.1 Å². The Morgan fingerprint density at radius 1 is 0.952 bits per heavy atom. The second-order valence-corrected chi connectivity index (χ2v) is 7.83. The fourth-order valence-electron chi connectivity index (χ4n) is 3.10. The first-order valence-corrected chi connectivity index (χ1v) is 9.96. The van der Waals surface area contributed by atoms with Crippen molar-refractivity contribution in [1.82, 2.24) is 0 Å².